The molecular formula is C13H14ClN3O. The van der Waals surface area contributed by atoms with Crippen molar-refractivity contribution in [1.29, 1.82) is 5.26 Å². The number of pyridine rings is 1. The number of aromatic nitrogens is 1. The second-order valence-electron chi connectivity index (χ2n) is 4.44. The van der Waals surface area contributed by atoms with Crippen LogP contribution in [0.3, 0.4) is 0 Å². The number of halogens is 1. The fourth-order valence-corrected chi connectivity index (χ4v) is 2.43. The molecule has 1 aliphatic rings. The summed E-state index contributed by atoms with van der Waals surface area (Å²) < 4.78 is 0. The monoisotopic (exact) mass is 263 g/mol. The molecule has 1 aromatic rings. The average Bonchev–Trinajstić information content (AvgIpc) is 2.38. The Balaban J connectivity index is 2.27. The molecule has 1 atom stereocenters. The second kappa shape index (κ2) is 5.36. The van der Waals surface area contributed by atoms with Crippen LogP contribution in [0.1, 0.15) is 35.3 Å². The molecule has 0 radical (unpaired) electrons. The first-order valence-electron chi connectivity index (χ1n) is 5.96. The van der Waals surface area contributed by atoms with Crippen LogP contribution in [0.4, 0.5) is 0 Å². The van der Waals surface area contributed by atoms with Gasteiger partial charge in [-0.25, -0.2) is 0 Å². The second-order valence-corrected chi connectivity index (χ2v) is 4.85. The third-order valence-electron chi connectivity index (χ3n) is 3.13. The lowest BCUT2D eigenvalue weighted by Crippen LogP contribution is -2.43. The van der Waals surface area contributed by atoms with E-state index in [1.807, 2.05) is 6.92 Å². The van der Waals surface area contributed by atoms with Gasteiger partial charge < -0.3 is 4.90 Å². The number of nitriles is 1. The van der Waals surface area contributed by atoms with E-state index < -0.39 is 0 Å². The summed E-state index contributed by atoms with van der Waals surface area (Å²) in [5, 5.41) is 9.48. The Morgan fingerprint density at radius 2 is 2.39 bits per heavy atom. The number of nitrogens with zero attached hydrogens (tertiary/aromatic N) is 3. The molecule has 18 heavy (non-hydrogen) atoms. The molecule has 0 bridgehead atoms. The lowest BCUT2D eigenvalue weighted by atomic mass is 10.0. The highest BCUT2D eigenvalue weighted by molar-refractivity contribution is 6.33. The fourth-order valence-electron chi connectivity index (χ4n) is 2.15. The molecular weight excluding hydrogens is 250 g/mol. The van der Waals surface area contributed by atoms with E-state index in [2.05, 4.69) is 11.1 Å². The van der Waals surface area contributed by atoms with Gasteiger partial charge in [0.2, 0.25) is 0 Å². The van der Waals surface area contributed by atoms with Crippen LogP contribution in [-0.4, -0.2) is 28.4 Å². The molecule has 2 rings (SSSR count). The van der Waals surface area contributed by atoms with Gasteiger partial charge in [0.25, 0.3) is 5.91 Å². The third-order valence-corrected chi connectivity index (χ3v) is 3.45. The summed E-state index contributed by atoms with van der Waals surface area (Å²) in [5.41, 5.74) is 1.15. The van der Waals surface area contributed by atoms with E-state index in [9.17, 15) is 4.79 Å². The van der Waals surface area contributed by atoms with Crippen LogP contribution in [-0.2, 0) is 0 Å². The quantitative estimate of drug-likeness (QED) is 0.782. The van der Waals surface area contributed by atoms with E-state index in [0.29, 0.717) is 17.1 Å². The van der Waals surface area contributed by atoms with Crippen molar-refractivity contribution in [3.63, 3.8) is 0 Å². The van der Waals surface area contributed by atoms with Gasteiger partial charge in [0.1, 0.15) is 6.04 Å². The molecule has 2 heterocycles. The molecule has 0 aromatic carbocycles. The minimum absolute atomic E-state index is 0.196. The number of likely N-dealkylation sites (tertiary alicyclic amines) is 1. The highest BCUT2D eigenvalue weighted by atomic mass is 35.5. The van der Waals surface area contributed by atoms with Crippen molar-refractivity contribution >= 4 is 17.5 Å². The average molecular weight is 264 g/mol. The first-order chi connectivity index (χ1) is 8.63. The molecule has 0 N–H and O–H groups in total. The number of hydrogen-bond acceptors (Lipinski definition) is 3. The molecule has 1 fully saturated rings. The summed E-state index contributed by atoms with van der Waals surface area (Å²) in [6.07, 6.45) is 4.14. The van der Waals surface area contributed by atoms with Crippen molar-refractivity contribution in [3.05, 3.63) is 28.5 Å². The summed E-state index contributed by atoms with van der Waals surface area (Å²) >= 11 is 6.06. The summed E-state index contributed by atoms with van der Waals surface area (Å²) in [7, 11) is 0. The van der Waals surface area contributed by atoms with Crippen LogP contribution in [0.15, 0.2) is 12.3 Å². The van der Waals surface area contributed by atoms with Gasteiger partial charge in [0.15, 0.2) is 0 Å². The predicted octanol–water partition coefficient (Wildman–Crippen LogP) is 2.56. The highest BCUT2D eigenvalue weighted by Crippen LogP contribution is 2.23. The molecule has 94 valence electrons. The standard InChI is InChI=1S/C13H14ClN3O/c1-9-6-12(14)11(8-16-9)13(18)17-5-3-2-4-10(17)7-15/h6,8,10H,2-5H2,1H3. The first-order valence-corrected chi connectivity index (χ1v) is 6.34. The maximum Gasteiger partial charge on any atom is 0.258 e. The van der Waals surface area contributed by atoms with Crippen molar-refractivity contribution in [2.75, 3.05) is 6.54 Å². The minimum atomic E-state index is -0.344. The fraction of sp³-hybridized carbons (Fsp3) is 0.462. The van der Waals surface area contributed by atoms with Gasteiger partial charge in [0.05, 0.1) is 16.7 Å². The highest BCUT2D eigenvalue weighted by Gasteiger charge is 2.28. The number of carbonyl (C=O) groups excluding carboxylic acids is 1. The van der Waals surface area contributed by atoms with E-state index >= 15 is 0 Å². The molecule has 1 aromatic heterocycles. The molecule has 0 saturated carbocycles. The Labute approximate surface area is 111 Å². The molecule has 1 unspecified atom stereocenters. The van der Waals surface area contributed by atoms with E-state index in [0.717, 1.165) is 25.0 Å². The molecule has 1 saturated heterocycles. The largest absolute Gasteiger partial charge is 0.323 e. The Hall–Kier alpha value is -1.60. The predicted molar refractivity (Wildman–Crippen MR) is 68.3 cm³/mol. The Morgan fingerprint density at radius 1 is 1.61 bits per heavy atom. The Bertz CT molecular complexity index is 509. The van der Waals surface area contributed by atoms with Crippen LogP contribution in [0, 0.1) is 18.3 Å². The van der Waals surface area contributed by atoms with Gasteiger partial charge in [-0.1, -0.05) is 11.6 Å². The minimum Gasteiger partial charge on any atom is -0.323 e. The number of piperidine rings is 1. The lowest BCUT2D eigenvalue weighted by molar-refractivity contribution is 0.0670. The van der Waals surface area contributed by atoms with Gasteiger partial charge in [0, 0.05) is 18.4 Å². The topological polar surface area (TPSA) is 57.0 Å². The normalized spacial score (nSPS) is 19.4. The number of rotatable bonds is 1. The molecule has 1 aliphatic heterocycles. The van der Waals surface area contributed by atoms with Gasteiger partial charge in [-0.15, -0.1) is 0 Å². The van der Waals surface area contributed by atoms with Crippen molar-refractivity contribution < 1.29 is 4.79 Å². The zero-order valence-corrected chi connectivity index (χ0v) is 10.9. The van der Waals surface area contributed by atoms with Gasteiger partial charge in [-0.2, -0.15) is 5.26 Å². The van der Waals surface area contributed by atoms with Crippen molar-refractivity contribution in [2.24, 2.45) is 0 Å². The molecule has 1 amide bonds. The van der Waals surface area contributed by atoms with E-state index in [1.165, 1.54) is 6.20 Å². The maximum atomic E-state index is 12.4. The summed E-state index contributed by atoms with van der Waals surface area (Å²) in [6.45, 7) is 2.43. The maximum absolute atomic E-state index is 12.4. The zero-order chi connectivity index (χ0) is 13.1. The van der Waals surface area contributed by atoms with Gasteiger partial charge in [-0.05, 0) is 32.3 Å². The van der Waals surface area contributed by atoms with Crippen molar-refractivity contribution in [1.82, 2.24) is 9.88 Å². The summed E-state index contributed by atoms with van der Waals surface area (Å²) in [6, 6.07) is 3.50. The van der Waals surface area contributed by atoms with Crippen LogP contribution < -0.4 is 0 Å². The SMILES string of the molecule is Cc1cc(Cl)c(C(=O)N2CCCCC2C#N)cn1. The molecule has 0 spiro atoms. The smallest absolute Gasteiger partial charge is 0.258 e. The Morgan fingerprint density at radius 3 is 3.06 bits per heavy atom. The lowest BCUT2D eigenvalue weighted by Gasteiger charge is -2.31. The van der Waals surface area contributed by atoms with E-state index in [-0.39, 0.29) is 11.9 Å². The number of hydrogen-bond donors (Lipinski definition) is 0. The van der Waals surface area contributed by atoms with Crippen LogP contribution >= 0.6 is 11.6 Å². The third kappa shape index (κ3) is 2.46. The van der Waals surface area contributed by atoms with E-state index in [1.54, 1.807) is 11.0 Å². The molecule has 0 aliphatic carbocycles. The summed E-state index contributed by atoms with van der Waals surface area (Å²) in [5.74, 6) is -0.196. The number of amides is 1. The van der Waals surface area contributed by atoms with Gasteiger partial charge in [-0.3, -0.25) is 9.78 Å². The number of carbonyl (C=O) groups is 1. The van der Waals surface area contributed by atoms with Crippen molar-refractivity contribution in [2.45, 2.75) is 32.2 Å². The first kappa shape index (κ1) is 12.8. The number of aryl methyl sites for hydroxylation is 1. The van der Waals surface area contributed by atoms with Crippen LogP contribution in [0.25, 0.3) is 0 Å². The Kier molecular flexibility index (Phi) is 3.83. The van der Waals surface area contributed by atoms with Gasteiger partial charge >= 0.3 is 0 Å². The van der Waals surface area contributed by atoms with Crippen molar-refractivity contribution in [3.8, 4) is 6.07 Å². The summed E-state index contributed by atoms with van der Waals surface area (Å²) in [4.78, 5) is 18.0. The van der Waals surface area contributed by atoms with E-state index in [4.69, 9.17) is 16.9 Å². The molecule has 5 heteroatoms. The zero-order valence-electron chi connectivity index (χ0n) is 10.2. The molecule has 4 nitrogen and oxygen atoms in total. The van der Waals surface area contributed by atoms with Crippen LogP contribution in [0.2, 0.25) is 5.02 Å². The van der Waals surface area contributed by atoms with Crippen LogP contribution in [0.5, 0.6) is 0 Å².